The van der Waals surface area contributed by atoms with E-state index in [2.05, 4.69) is 26.1 Å². The first-order valence-corrected chi connectivity index (χ1v) is 8.16. The standard InChI is InChI=1S/C14H26N2S/c1-4-14(5-2)10-17-13(16-14)15-11(3)12-8-6-7-9-12/h11-12H,4-10H2,1-3H3,(H,15,16). The van der Waals surface area contributed by atoms with Gasteiger partial charge in [0.15, 0.2) is 5.17 Å². The minimum atomic E-state index is 0.318. The summed E-state index contributed by atoms with van der Waals surface area (Å²) < 4.78 is 0. The van der Waals surface area contributed by atoms with Crippen molar-refractivity contribution in [1.29, 1.82) is 0 Å². The van der Waals surface area contributed by atoms with E-state index in [0.29, 0.717) is 11.6 Å². The molecule has 1 N–H and O–H groups in total. The van der Waals surface area contributed by atoms with Gasteiger partial charge in [-0.25, -0.2) is 0 Å². The third-order valence-electron chi connectivity index (χ3n) is 4.61. The molecular weight excluding hydrogens is 228 g/mol. The lowest BCUT2D eigenvalue weighted by atomic mass is 9.96. The number of nitrogens with one attached hydrogen (secondary N) is 1. The van der Waals surface area contributed by atoms with E-state index in [1.807, 2.05) is 11.8 Å². The quantitative estimate of drug-likeness (QED) is 0.825. The molecule has 3 heteroatoms. The molecule has 0 bridgehead atoms. The molecule has 1 saturated heterocycles. The molecule has 0 aromatic carbocycles. The Labute approximate surface area is 110 Å². The van der Waals surface area contributed by atoms with Gasteiger partial charge < -0.3 is 5.32 Å². The second kappa shape index (κ2) is 5.64. The maximum atomic E-state index is 4.92. The zero-order valence-corrected chi connectivity index (χ0v) is 12.3. The summed E-state index contributed by atoms with van der Waals surface area (Å²) in [5.74, 6) is 2.03. The highest BCUT2D eigenvalue weighted by molar-refractivity contribution is 8.14. The van der Waals surface area contributed by atoms with Crippen molar-refractivity contribution in [1.82, 2.24) is 5.32 Å². The number of hydrogen-bond donors (Lipinski definition) is 1. The van der Waals surface area contributed by atoms with Gasteiger partial charge in [0.05, 0.1) is 6.04 Å². The van der Waals surface area contributed by atoms with Gasteiger partial charge >= 0.3 is 0 Å². The van der Waals surface area contributed by atoms with E-state index in [-0.39, 0.29) is 0 Å². The maximum absolute atomic E-state index is 4.92. The Morgan fingerprint density at radius 1 is 1.35 bits per heavy atom. The Kier molecular flexibility index (Phi) is 4.40. The van der Waals surface area contributed by atoms with E-state index in [9.17, 15) is 0 Å². The normalized spacial score (nSPS) is 28.5. The molecule has 1 aliphatic heterocycles. The van der Waals surface area contributed by atoms with E-state index in [1.165, 1.54) is 49.4 Å². The van der Waals surface area contributed by atoms with Crippen LogP contribution in [0.3, 0.4) is 0 Å². The highest BCUT2D eigenvalue weighted by Gasteiger charge is 2.34. The average molecular weight is 254 g/mol. The van der Waals surface area contributed by atoms with Crippen molar-refractivity contribution < 1.29 is 0 Å². The Hall–Kier alpha value is -0.180. The molecule has 0 radical (unpaired) electrons. The molecule has 1 saturated carbocycles. The fraction of sp³-hybridized carbons (Fsp3) is 0.929. The molecule has 1 atom stereocenters. The molecule has 0 spiro atoms. The van der Waals surface area contributed by atoms with Crippen molar-refractivity contribution in [3.63, 3.8) is 0 Å². The molecule has 0 aromatic heterocycles. The molecule has 1 aliphatic carbocycles. The lowest BCUT2D eigenvalue weighted by Crippen LogP contribution is -2.42. The monoisotopic (exact) mass is 254 g/mol. The molecule has 98 valence electrons. The summed E-state index contributed by atoms with van der Waals surface area (Å²) in [6.07, 6.45) is 7.99. The molecule has 0 amide bonds. The highest BCUT2D eigenvalue weighted by Crippen LogP contribution is 2.32. The van der Waals surface area contributed by atoms with E-state index >= 15 is 0 Å². The molecule has 2 aliphatic rings. The van der Waals surface area contributed by atoms with Crippen LogP contribution in [0.5, 0.6) is 0 Å². The molecule has 1 heterocycles. The van der Waals surface area contributed by atoms with Crippen LogP contribution in [-0.4, -0.2) is 22.5 Å². The second-order valence-electron chi connectivity index (χ2n) is 5.62. The Morgan fingerprint density at radius 3 is 2.53 bits per heavy atom. The Balaban J connectivity index is 1.94. The zero-order valence-electron chi connectivity index (χ0n) is 11.5. The third-order valence-corrected chi connectivity index (χ3v) is 5.79. The van der Waals surface area contributed by atoms with E-state index in [1.54, 1.807) is 0 Å². The summed E-state index contributed by atoms with van der Waals surface area (Å²) in [4.78, 5) is 4.92. The van der Waals surface area contributed by atoms with Gasteiger partial charge in [-0.2, -0.15) is 0 Å². The molecule has 2 fully saturated rings. The smallest absolute Gasteiger partial charge is 0.157 e. The highest BCUT2D eigenvalue weighted by atomic mass is 32.2. The van der Waals surface area contributed by atoms with Crippen molar-refractivity contribution in [2.24, 2.45) is 10.9 Å². The molecule has 2 nitrogen and oxygen atoms in total. The van der Waals surface area contributed by atoms with E-state index < -0.39 is 0 Å². The number of rotatable bonds is 4. The lowest BCUT2D eigenvalue weighted by molar-refractivity contribution is 0.404. The topological polar surface area (TPSA) is 24.4 Å². The summed E-state index contributed by atoms with van der Waals surface area (Å²) in [6.45, 7) is 6.85. The Morgan fingerprint density at radius 2 is 2.00 bits per heavy atom. The zero-order chi connectivity index (χ0) is 12.3. The number of aliphatic imine (C=N–C) groups is 1. The van der Waals surface area contributed by atoms with Crippen molar-refractivity contribution >= 4 is 16.9 Å². The number of thioether (sulfide) groups is 1. The van der Waals surface area contributed by atoms with E-state index in [0.717, 1.165) is 5.92 Å². The summed E-state index contributed by atoms with van der Waals surface area (Å²) in [7, 11) is 0. The molecular formula is C14H26N2S. The number of hydrogen-bond acceptors (Lipinski definition) is 2. The summed E-state index contributed by atoms with van der Waals surface area (Å²) >= 11 is 1.92. The predicted octanol–water partition coefficient (Wildman–Crippen LogP) is 3.82. The number of amidine groups is 1. The van der Waals surface area contributed by atoms with Gasteiger partial charge in [0.2, 0.25) is 0 Å². The van der Waals surface area contributed by atoms with Gasteiger partial charge in [0, 0.05) is 11.3 Å². The predicted molar refractivity (Wildman–Crippen MR) is 77.8 cm³/mol. The largest absolute Gasteiger partial charge is 0.359 e. The first kappa shape index (κ1) is 13.3. The van der Waals surface area contributed by atoms with Crippen molar-refractivity contribution in [2.45, 2.75) is 70.9 Å². The van der Waals surface area contributed by atoms with Crippen LogP contribution in [0.2, 0.25) is 0 Å². The summed E-state index contributed by atoms with van der Waals surface area (Å²) in [5.41, 5.74) is 0.318. The maximum Gasteiger partial charge on any atom is 0.157 e. The minimum Gasteiger partial charge on any atom is -0.359 e. The van der Waals surface area contributed by atoms with Crippen LogP contribution >= 0.6 is 11.8 Å². The van der Waals surface area contributed by atoms with Crippen LogP contribution in [-0.2, 0) is 0 Å². The van der Waals surface area contributed by atoms with Crippen LogP contribution in [0, 0.1) is 5.92 Å². The van der Waals surface area contributed by atoms with Gasteiger partial charge in [-0.1, -0.05) is 38.5 Å². The van der Waals surface area contributed by atoms with E-state index in [4.69, 9.17) is 4.99 Å². The van der Waals surface area contributed by atoms with Crippen LogP contribution in [0.25, 0.3) is 0 Å². The van der Waals surface area contributed by atoms with Crippen LogP contribution in [0.1, 0.15) is 59.3 Å². The summed E-state index contributed by atoms with van der Waals surface area (Å²) in [6, 6.07) is 0.511. The fourth-order valence-corrected chi connectivity index (χ4v) is 4.36. The Bertz CT molecular complexity index is 278. The fourth-order valence-electron chi connectivity index (χ4n) is 2.94. The van der Waals surface area contributed by atoms with Gasteiger partial charge in [-0.3, -0.25) is 4.99 Å². The van der Waals surface area contributed by atoms with Crippen LogP contribution in [0.4, 0.5) is 0 Å². The SMILES string of the molecule is CCC1(CC)CSC(=NC(C)C2CCCC2)N1. The molecule has 0 aromatic rings. The van der Waals surface area contributed by atoms with Crippen molar-refractivity contribution in [2.75, 3.05) is 5.75 Å². The lowest BCUT2D eigenvalue weighted by Gasteiger charge is -2.25. The first-order valence-electron chi connectivity index (χ1n) is 7.18. The van der Waals surface area contributed by atoms with Crippen LogP contribution < -0.4 is 5.32 Å². The van der Waals surface area contributed by atoms with Gasteiger partial charge in [-0.15, -0.1) is 0 Å². The second-order valence-corrected chi connectivity index (χ2v) is 6.58. The van der Waals surface area contributed by atoms with Gasteiger partial charge in [-0.05, 0) is 38.5 Å². The van der Waals surface area contributed by atoms with Gasteiger partial charge in [0.25, 0.3) is 0 Å². The average Bonchev–Trinajstić information content (AvgIpc) is 2.98. The summed E-state index contributed by atoms with van der Waals surface area (Å²) in [5, 5.41) is 4.87. The minimum absolute atomic E-state index is 0.318. The van der Waals surface area contributed by atoms with Crippen LogP contribution in [0.15, 0.2) is 4.99 Å². The molecule has 2 rings (SSSR count). The van der Waals surface area contributed by atoms with Crippen molar-refractivity contribution in [3.8, 4) is 0 Å². The number of nitrogens with zero attached hydrogens (tertiary/aromatic N) is 1. The van der Waals surface area contributed by atoms with Crippen molar-refractivity contribution in [3.05, 3.63) is 0 Å². The third kappa shape index (κ3) is 2.98. The van der Waals surface area contributed by atoms with Gasteiger partial charge in [0.1, 0.15) is 0 Å². The first-order chi connectivity index (χ1) is 8.19. The molecule has 1 unspecified atom stereocenters. The molecule has 17 heavy (non-hydrogen) atoms.